The number of aldehydes is 1. The summed E-state index contributed by atoms with van der Waals surface area (Å²) in [6.07, 6.45) is 0.701. The lowest BCUT2D eigenvalue weighted by Gasteiger charge is -2.10. The number of hydrogen-bond donors (Lipinski definition) is 0. The van der Waals surface area contributed by atoms with Crippen molar-refractivity contribution in [2.75, 3.05) is 14.2 Å². The van der Waals surface area contributed by atoms with Gasteiger partial charge in [0.1, 0.15) is 12.0 Å². The summed E-state index contributed by atoms with van der Waals surface area (Å²) in [6, 6.07) is 19.3. The molecule has 0 atom stereocenters. The van der Waals surface area contributed by atoms with E-state index >= 15 is 0 Å². The lowest BCUT2D eigenvalue weighted by molar-refractivity contribution is 0.0729. The molecule has 0 radical (unpaired) electrons. The molecule has 0 N–H and O–H groups in total. The second-order valence-corrected chi connectivity index (χ2v) is 5.73. The van der Waals surface area contributed by atoms with Crippen LogP contribution in [0.2, 0.25) is 0 Å². The van der Waals surface area contributed by atoms with Crippen LogP contribution in [0.25, 0.3) is 11.1 Å². The first-order chi connectivity index (χ1) is 13.1. The fourth-order valence-corrected chi connectivity index (χ4v) is 2.61. The highest BCUT2D eigenvalue weighted by Crippen LogP contribution is 2.29. The van der Waals surface area contributed by atoms with E-state index in [4.69, 9.17) is 14.2 Å². The fraction of sp³-hybridized carbons (Fsp3) is 0.0909. The molecule has 3 aromatic rings. The average Bonchev–Trinajstić information content (AvgIpc) is 2.74. The van der Waals surface area contributed by atoms with Crippen molar-refractivity contribution in [3.8, 4) is 28.4 Å². The number of ether oxygens (including phenoxy) is 3. The predicted molar refractivity (Wildman–Crippen MR) is 102 cm³/mol. The molecule has 0 amide bonds. The Kier molecular flexibility index (Phi) is 5.52. The Bertz CT molecular complexity index is 961. The Hall–Kier alpha value is -3.60. The van der Waals surface area contributed by atoms with Gasteiger partial charge in [-0.1, -0.05) is 24.3 Å². The van der Waals surface area contributed by atoms with E-state index < -0.39 is 5.97 Å². The summed E-state index contributed by atoms with van der Waals surface area (Å²) in [7, 11) is 3.06. The van der Waals surface area contributed by atoms with Gasteiger partial charge in [-0.2, -0.15) is 0 Å². The minimum atomic E-state index is -0.512. The third-order valence-electron chi connectivity index (χ3n) is 4.05. The third kappa shape index (κ3) is 4.15. The van der Waals surface area contributed by atoms with Crippen LogP contribution in [0.5, 0.6) is 17.2 Å². The van der Waals surface area contributed by atoms with Crippen molar-refractivity contribution in [3.63, 3.8) is 0 Å². The topological polar surface area (TPSA) is 61.8 Å². The molecule has 0 unspecified atom stereocenters. The number of carbonyl (C=O) groups is 2. The van der Waals surface area contributed by atoms with E-state index in [1.165, 1.54) is 19.2 Å². The van der Waals surface area contributed by atoms with Crippen LogP contribution in [-0.2, 0) is 0 Å². The Morgan fingerprint density at radius 2 is 1.59 bits per heavy atom. The summed E-state index contributed by atoms with van der Waals surface area (Å²) < 4.78 is 15.8. The lowest BCUT2D eigenvalue weighted by Crippen LogP contribution is -2.09. The van der Waals surface area contributed by atoms with E-state index in [0.717, 1.165) is 16.9 Å². The van der Waals surface area contributed by atoms with Crippen LogP contribution in [0.15, 0.2) is 66.7 Å². The Morgan fingerprint density at radius 1 is 0.815 bits per heavy atom. The van der Waals surface area contributed by atoms with Crippen LogP contribution in [0.1, 0.15) is 20.7 Å². The molecule has 0 aliphatic carbocycles. The first kappa shape index (κ1) is 18.2. The Morgan fingerprint density at radius 3 is 2.26 bits per heavy atom. The number of carbonyl (C=O) groups excluding carboxylic acids is 2. The zero-order chi connectivity index (χ0) is 19.2. The molecule has 5 nitrogen and oxygen atoms in total. The van der Waals surface area contributed by atoms with Crippen molar-refractivity contribution in [2.24, 2.45) is 0 Å². The van der Waals surface area contributed by atoms with Gasteiger partial charge in [0.2, 0.25) is 0 Å². The van der Waals surface area contributed by atoms with Crippen molar-refractivity contribution in [1.29, 1.82) is 0 Å². The minimum Gasteiger partial charge on any atom is -0.497 e. The van der Waals surface area contributed by atoms with Crippen LogP contribution < -0.4 is 14.2 Å². The normalized spacial score (nSPS) is 10.1. The van der Waals surface area contributed by atoms with E-state index in [-0.39, 0.29) is 5.75 Å². The van der Waals surface area contributed by atoms with Gasteiger partial charge in [-0.05, 0) is 53.6 Å². The van der Waals surface area contributed by atoms with Gasteiger partial charge in [0.25, 0.3) is 0 Å². The van der Waals surface area contributed by atoms with Crippen LogP contribution >= 0.6 is 0 Å². The molecular formula is C22H18O5. The van der Waals surface area contributed by atoms with Gasteiger partial charge in [-0.15, -0.1) is 0 Å². The summed E-state index contributed by atoms with van der Waals surface area (Å²) in [6.45, 7) is 0. The molecule has 0 aliphatic heterocycles. The van der Waals surface area contributed by atoms with Crippen molar-refractivity contribution < 1.29 is 23.8 Å². The molecule has 0 aromatic heterocycles. The van der Waals surface area contributed by atoms with E-state index in [1.54, 1.807) is 31.4 Å². The van der Waals surface area contributed by atoms with Crippen molar-refractivity contribution >= 4 is 12.3 Å². The molecule has 3 aromatic carbocycles. The number of esters is 1. The van der Waals surface area contributed by atoms with Gasteiger partial charge in [-0.25, -0.2) is 4.79 Å². The number of rotatable bonds is 6. The highest BCUT2D eigenvalue weighted by molar-refractivity contribution is 5.93. The SMILES string of the molecule is COc1ccc(-c2cccc(C(=O)Oc3ccc(C=O)cc3OC)c2)cc1. The zero-order valence-electron chi connectivity index (χ0n) is 15.0. The average molecular weight is 362 g/mol. The third-order valence-corrected chi connectivity index (χ3v) is 4.05. The molecule has 0 saturated carbocycles. The summed E-state index contributed by atoms with van der Waals surface area (Å²) in [5.74, 6) is 0.824. The predicted octanol–water partition coefficient (Wildman–Crippen LogP) is 4.40. The summed E-state index contributed by atoms with van der Waals surface area (Å²) >= 11 is 0. The largest absolute Gasteiger partial charge is 0.497 e. The van der Waals surface area contributed by atoms with Crippen molar-refractivity contribution in [3.05, 3.63) is 77.9 Å². The molecule has 136 valence electrons. The number of methoxy groups -OCH3 is 2. The molecule has 0 saturated heterocycles. The maximum atomic E-state index is 12.6. The maximum Gasteiger partial charge on any atom is 0.343 e. The lowest BCUT2D eigenvalue weighted by atomic mass is 10.0. The minimum absolute atomic E-state index is 0.253. The van der Waals surface area contributed by atoms with Crippen molar-refractivity contribution in [2.45, 2.75) is 0 Å². The van der Waals surface area contributed by atoms with Crippen LogP contribution in [-0.4, -0.2) is 26.5 Å². The van der Waals surface area contributed by atoms with E-state index in [1.807, 2.05) is 30.3 Å². The highest BCUT2D eigenvalue weighted by Gasteiger charge is 2.14. The number of hydrogen-bond acceptors (Lipinski definition) is 5. The second kappa shape index (κ2) is 8.19. The quantitative estimate of drug-likeness (QED) is 0.369. The molecule has 0 spiro atoms. The van der Waals surface area contributed by atoms with Gasteiger partial charge >= 0.3 is 5.97 Å². The summed E-state index contributed by atoms with van der Waals surface area (Å²) in [5, 5.41) is 0. The zero-order valence-corrected chi connectivity index (χ0v) is 15.0. The van der Waals surface area contributed by atoms with Gasteiger partial charge in [-0.3, -0.25) is 4.79 Å². The fourth-order valence-electron chi connectivity index (χ4n) is 2.61. The van der Waals surface area contributed by atoms with Gasteiger partial charge in [0.05, 0.1) is 19.8 Å². The Labute approximate surface area is 157 Å². The standard InChI is InChI=1S/C22H18O5/c1-25-19-9-7-16(8-10-19)17-4-3-5-18(13-17)22(24)27-20-11-6-15(14-23)12-21(20)26-2/h3-14H,1-2H3. The second-order valence-electron chi connectivity index (χ2n) is 5.73. The molecule has 0 fully saturated rings. The summed E-state index contributed by atoms with van der Waals surface area (Å²) in [5.41, 5.74) is 2.69. The maximum absolute atomic E-state index is 12.6. The highest BCUT2D eigenvalue weighted by atomic mass is 16.6. The van der Waals surface area contributed by atoms with Crippen molar-refractivity contribution in [1.82, 2.24) is 0 Å². The Balaban J connectivity index is 1.84. The van der Waals surface area contributed by atoms with Gasteiger partial charge in [0, 0.05) is 5.56 Å². The van der Waals surface area contributed by atoms with Gasteiger partial charge in [0.15, 0.2) is 11.5 Å². The monoisotopic (exact) mass is 362 g/mol. The molecule has 0 heterocycles. The first-order valence-electron chi connectivity index (χ1n) is 8.24. The molecular weight excluding hydrogens is 344 g/mol. The molecule has 27 heavy (non-hydrogen) atoms. The molecule has 0 aliphatic rings. The first-order valence-corrected chi connectivity index (χ1v) is 8.24. The van der Waals surface area contributed by atoms with E-state index in [9.17, 15) is 9.59 Å². The van der Waals surface area contributed by atoms with Gasteiger partial charge < -0.3 is 14.2 Å². The summed E-state index contributed by atoms with van der Waals surface area (Å²) in [4.78, 5) is 23.4. The smallest absolute Gasteiger partial charge is 0.343 e. The van der Waals surface area contributed by atoms with E-state index in [0.29, 0.717) is 23.2 Å². The van der Waals surface area contributed by atoms with Crippen LogP contribution in [0, 0.1) is 0 Å². The number of benzene rings is 3. The molecule has 3 rings (SSSR count). The van der Waals surface area contributed by atoms with Crippen LogP contribution in [0.4, 0.5) is 0 Å². The van der Waals surface area contributed by atoms with E-state index in [2.05, 4.69) is 0 Å². The molecule has 0 bridgehead atoms. The molecule has 5 heteroatoms. The van der Waals surface area contributed by atoms with Crippen LogP contribution in [0.3, 0.4) is 0 Å².